The van der Waals surface area contributed by atoms with Crippen molar-refractivity contribution in [3.05, 3.63) is 34.1 Å². The van der Waals surface area contributed by atoms with Crippen LogP contribution in [0.2, 0.25) is 10.2 Å². The summed E-state index contributed by atoms with van der Waals surface area (Å²) in [6.07, 6.45) is 1.53. The summed E-state index contributed by atoms with van der Waals surface area (Å²) in [6, 6.07) is 5.65. The van der Waals surface area contributed by atoms with Gasteiger partial charge in [-0.05, 0) is 12.1 Å². The van der Waals surface area contributed by atoms with Gasteiger partial charge in [0, 0.05) is 18.8 Å². The predicted octanol–water partition coefficient (Wildman–Crippen LogP) is 3.14. The Morgan fingerprint density at radius 3 is 2.89 bits per heavy atom. The minimum atomic E-state index is 0.432. The minimum absolute atomic E-state index is 0.432. The largest absolute Gasteiger partial charge is 0.284 e. The number of hydrogen-bond acceptors (Lipinski definition) is 3. The van der Waals surface area contributed by atoms with E-state index < -0.39 is 0 Å². The lowest BCUT2D eigenvalue weighted by Gasteiger charge is -2.02. The first-order valence-corrected chi connectivity index (χ1v) is 6.14. The number of aromatic nitrogens is 4. The third-order valence-electron chi connectivity index (χ3n) is 2.88. The second-order valence-electron chi connectivity index (χ2n) is 3.99. The molecule has 0 spiro atoms. The molecule has 0 amide bonds. The van der Waals surface area contributed by atoms with Crippen molar-refractivity contribution in [3.8, 4) is 17.3 Å². The van der Waals surface area contributed by atoms with E-state index in [9.17, 15) is 0 Å². The molecule has 0 atom stereocenters. The number of nitrogens with zero attached hydrogens (tertiary/aromatic N) is 4. The average molecular weight is 292 g/mol. The molecule has 0 bridgehead atoms. The number of nitriles is 1. The second-order valence-corrected chi connectivity index (χ2v) is 4.73. The highest BCUT2D eigenvalue weighted by Crippen LogP contribution is 2.37. The second kappa shape index (κ2) is 4.26. The van der Waals surface area contributed by atoms with Gasteiger partial charge >= 0.3 is 0 Å². The molecule has 0 fully saturated rings. The first-order chi connectivity index (χ1) is 9.13. The summed E-state index contributed by atoms with van der Waals surface area (Å²) in [7, 11) is 1.74. The number of aromatic amines is 1. The number of fused-ring (bicyclic) bond motifs is 1. The summed E-state index contributed by atoms with van der Waals surface area (Å²) in [5.74, 6) is 0. The fourth-order valence-corrected chi connectivity index (χ4v) is 2.59. The normalized spacial score (nSPS) is 10.8. The van der Waals surface area contributed by atoms with Crippen LogP contribution < -0.4 is 0 Å². The van der Waals surface area contributed by atoms with Crippen molar-refractivity contribution in [1.82, 2.24) is 20.0 Å². The van der Waals surface area contributed by atoms with E-state index in [-0.39, 0.29) is 0 Å². The highest BCUT2D eigenvalue weighted by molar-refractivity contribution is 6.43. The minimum Gasteiger partial charge on any atom is -0.284 e. The summed E-state index contributed by atoms with van der Waals surface area (Å²) in [5, 5.41) is 21.6. The molecule has 0 aliphatic rings. The van der Waals surface area contributed by atoms with E-state index in [1.54, 1.807) is 23.9 Å². The van der Waals surface area contributed by atoms with Crippen LogP contribution in [0.4, 0.5) is 0 Å². The lowest BCUT2D eigenvalue weighted by atomic mass is 10.1. The van der Waals surface area contributed by atoms with E-state index >= 15 is 0 Å². The van der Waals surface area contributed by atoms with Gasteiger partial charge in [0.05, 0.1) is 21.5 Å². The van der Waals surface area contributed by atoms with Crippen LogP contribution in [0, 0.1) is 11.3 Å². The lowest BCUT2D eigenvalue weighted by Crippen LogP contribution is -1.87. The average Bonchev–Trinajstić information content (AvgIpc) is 2.96. The molecule has 3 rings (SSSR count). The van der Waals surface area contributed by atoms with Crippen molar-refractivity contribution in [2.45, 2.75) is 0 Å². The molecule has 1 aromatic carbocycles. The van der Waals surface area contributed by atoms with Crippen LogP contribution in [0.25, 0.3) is 22.2 Å². The topological polar surface area (TPSA) is 70.3 Å². The number of hydrogen-bond donors (Lipinski definition) is 1. The van der Waals surface area contributed by atoms with E-state index in [0.29, 0.717) is 37.9 Å². The number of rotatable bonds is 1. The molecule has 0 aliphatic carbocycles. The number of nitrogens with one attached hydrogen (secondary N) is 1. The molecular formula is C12H7Cl2N5. The van der Waals surface area contributed by atoms with Gasteiger partial charge in [-0.25, -0.2) is 0 Å². The van der Waals surface area contributed by atoms with Gasteiger partial charge in [-0.15, -0.1) is 0 Å². The highest BCUT2D eigenvalue weighted by Gasteiger charge is 2.18. The molecule has 2 aromatic heterocycles. The van der Waals surface area contributed by atoms with Crippen LogP contribution in [0.5, 0.6) is 0 Å². The molecule has 5 nitrogen and oxygen atoms in total. The van der Waals surface area contributed by atoms with E-state index in [1.807, 2.05) is 0 Å². The fourth-order valence-electron chi connectivity index (χ4n) is 1.98. The molecule has 0 saturated carbocycles. The maximum atomic E-state index is 9.04. The quantitative estimate of drug-likeness (QED) is 0.749. The van der Waals surface area contributed by atoms with Crippen molar-refractivity contribution in [3.63, 3.8) is 0 Å². The SMILES string of the molecule is Cn1nc2ccc(-c3n[nH]cc3C#N)c(Cl)c2c1Cl. The van der Waals surface area contributed by atoms with Crippen LogP contribution in [0.3, 0.4) is 0 Å². The smallest absolute Gasteiger partial charge is 0.136 e. The number of halogens is 2. The highest BCUT2D eigenvalue weighted by atomic mass is 35.5. The molecule has 0 unspecified atom stereocenters. The zero-order valence-electron chi connectivity index (χ0n) is 9.78. The maximum absolute atomic E-state index is 9.04. The first kappa shape index (κ1) is 12.0. The first-order valence-electron chi connectivity index (χ1n) is 5.38. The van der Waals surface area contributed by atoms with E-state index in [1.165, 1.54) is 6.20 Å². The standard InChI is InChI=1S/C12H7Cl2N5/c1-19-12(14)9-8(18-19)3-2-7(10(9)13)11-6(4-15)5-16-17-11/h2-3,5H,1H3,(H,16,17). The summed E-state index contributed by atoms with van der Waals surface area (Å²) < 4.78 is 1.55. The third kappa shape index (κ3) is 1.69. The van der Waals surface area contributed by atoms with Gasteiger partial charge in [0.25, 0.3) is 0 Å². The van der Waals surface area contributed by atoms with E-state index in [4.69, 9.17) is 28.5 Å². The summed E-state index contributed by atoms with van der Waals surface area (Å²) in [4.78, 5) is 0. The number of H-pyrrole nitrogens is 1. The van der Waals surface area contributed by atoms with Crippen LogP contribution in [-0.4, -0.2) is 20.0 Å². The molecule has 7 heteroatoms. The zero-order chi connectivity index (χ0) is 13.6. The van der Waals surface area contributed by atoms with Crippen molar-refractivity contribution >= 4 is 34.1 Å². The summed E-state index contributed by atoms with van der Waals surface area (Å²) in [5.41, 5.74) is 2.30. The monoisotopic (exact) mass is 291 g/mol. The lowest BCUT2D eigenvalue weighted by molar-refractivity contribution is 0.780. The Bertz CT molecular complexity index is 825. The Kier molecular flexibility index (Phi) is 2.70. The van der Waals surface area contributed by atoms with Gasteiger partial charge in [0.2, 0.25) is 0 Å². The van der Waals surface area contributed by atoms with Crippen molar-refractivity contribution in [2.24, 2.45) is 7.05 Å². The van der Waals surface area contributed by atoms with Crippen molar-refractivity contribution < 1.29 is 0 Å². The number of aryl methyl sites for hydroxylation is 1. The number of benzene rings is 1. The van der Waals surface area contributed by atoms with Gasteiger partial charge < -0.3 is 0 Å². The van der Waals surface area contributed by atoms with Gasteiger partial charge in [-0.1, -0.05) is 23.2 Å². The Morgan fingerprint density at radius 2 is 2.16 bits per heavy atom. The molecule has 0 saturated heterocycles. The molecular weight excluding hydrogens is 285 g/mol. The van der Waals surface area contributed by atoms with Gasteiger partial charge in [0.1, 0.15) is 16.9 Å². The Hall–Kier alpha value is -2.03. The van der Waals surface area contributed by atoms with E-state index in [0.717, 1.165) is 0 Å². The molecule has 0 radical (unpaired) electrons. The van der Waals surface area contributed by atoms with Crippen LogP contribution in [0.15, 0.2) is 18.3 Å². The van der Waals surface area contributed by atoms with E-state index in [2.05, 4.69) is 21.4 Å². The van der Waals surface area contributed by atoms with Crippen LogP contribution in [-0.2, 0) is 7.05 Å². The summed E-state index contributed by atoms with van der Waals surface area (Å²) in [6.45, 7) is 0. The maximum Gasteiger partial charge on any atom is 0.136 e. The molecule has 0 aliphatic heterocycles. The van der Waals surface area contributed by atoms with Crippen molar-refractivity contribution in [2.75, 3.05) is 0 Å². The van der Waals surface area contributed by atoms with Gasteiger partial charge in [-0.2, -0.15) is 15.5 Å². The van der Waals surface area contributed by atoms with Crippen molar-refractivity contribution in [1.29, 1.82) is 5.26 Å². The molecule has 19 heavy (non-hydrogen) atoms. The fraction of sp³-hybridized carbons (Fsp3) is 0.0833. The van der Waals surface area contributed by atoms with Gasteiger partial charge in [0.15, 0.2) is 0 Å². The summed E-state index contributed by atoms with van der Waals surface area (Å²) >= 11 is 12.6. The molecule has 1 N–H and O–H groups in total. The van der Waals surface area contributed by atoms with Gasteiger partial charge in [-0.3, -0.25) is 9.78 Å². The molecule has 2 heterocycles. The Morgan fingerprint density at radius 1 is 1.37 bits per heavy atom. The molecule has 3 aromatic rings. The predicted molar refractivity (Wildman–Crippen MR) is 73.0 cm³/mol. The van der Waals surface area contributed by atoms with Crippen LogP contribution in [0.1, 0.15) is 5.56 Å². The third-order valence-corrected chi connectivity index (χ3v) is 3.71. The zero-order valence-corrected chi connectivity index (χ0v) is 11.3. The Labute approximate surface area is 118 Å². The van der Waals surface area contributed by atoms with Crippen LogP contribution >= 0.6 is 23.2 Å². The Balaban J connectivity index is 2.35. The molecule has 94 valence electrons.